The zero-order valence-corrected chi connectivity index (χ0v) is 30.0. The van der Waals surface area contributed by atoms with Crippen molar-refractivity contribution in [2.45, 2.75) is 125 Å². The molecule has 0 aromatic rings. The lowest BCUT2D eigenvalue weighted by Crippen LogP contribution is -2.68. The lowest BCUT2D eigenvalue weighted by atomic mass is 9.31. The third-order valence-corrected chi connectivity index (χ3v) is 16.1. The fraction of sp³-hybridized carbons (Fsp3) is 0.974. The van der Waals surface area contributed by atoms with Crippen LogP contribution in [0.3, 0.4) is 0 Å². The highest BCUT2D eigenvalue weighted by Gasteiger charge is 2.73. The summed E-state index contributed by atoms with van der Waals surface area (Å²) < 4.78 is 13.9. The highest BCUT2D eigenvalue weighted by molar-refractivity contribution is 5.70. The van der Waals surface area contributed by atoms with E-state index >= 15 is 0 Å². The van der Waals surface area contributed by atoms with E-state index in [0.717, 1.165) is 43.9 Å². The van der Waals surface area contributed by atoms with E-state index in [1.54, 1.807) is 0 Å². The molecule has 1 heterocycles. The number of nitrogens with zero attached hydrogens (tertiary/aromatic N) is 2. The number of hydrogen-bond donors (Lipinski definition) is 0. The summed E-state index contributed by atoms with van der Waals surface area (Å²) in [5.74, 6) is 2.90. The monoisotopic (exact) mass is 600 g/mol. The van der Waals surface area contributed by atoms with Gasteiger partial charge in [-0.25, -0.2) is 4.79 Å². The number of hydrogen-bond acceptors (Lipinski definition) is 4. The number of esters is 1. The van der Waals surface area contributed by atoms with Gasteiger partial charge in [0, 0.05) is 12.0 Å². The van der Waals surface area contributed by atoms with Crippen molar-refractivity contribution < 1.29 is 18.8 Å². The van der Waals surface area contributed by atoms with E-state index in [4.69, 9.17) is 9.47 Å². The summed E-state index contributed by atoms with van der Waals surface area (Å²) in [4.78, 5) is 15.5. The summed E-state index contributed by atoms with van der Waals surface area (Å²) in [6.45, 7) is 21.4. The summed E-state index contributed by atoms with van der Waals surface area (Å²) in [5.41, 5.74) is 1.84. The van der Waals surface area contributed by atoms with Crippen LogP contribution in [0.4, 0.5) is 0 Å². The van der Waals surface area contributed by atoms with Crippen molar-refractivity contribution in [1.29, 1.82) is 0 Å². The van der Waals surface area contributed by atoms with Crippen molar-refractivity contribution in [2.24, 2.45) is 56.2 Å². The van der Waals surface area contributed by atoms with Crippen molar-refractivity contribution in [2.75, 3.05) is 54.4 Å². The van der Waals surface area contributed by atoms with Gasteiger partial charge < -0.3 is 18.9 Å². The Kier molecular flexibility index (Phi) is 7.64. The average molecular weight is 600 g/mol. The Morgan fingerprint density at radius 2 is 1.53 bits per heavy atom. The smallest absolute Gasteiger partial charge is 0.362 e. The van der Waals surface area contributed by atoms with Crippen molar-refractivity contribution >= 4 is 5.97 Å². The van der Waals surface area contributed by atoms with Gasteiger partial charge in [0.15, 0.2) is 6.54 Å². The molecule has 0 spiro atoms. The van der Waals surface area contributed by atoms with Gasteiger partial charge in [0.05, 0.1) is 33.4 Å². The van der Waals surface area contributed by atoms with Crippen LogP contribution in [0.5, 0.6) is 0 Å². The number of carbonyl (C=O) groups is 1. The summed E-state index contributed by atoms with van der Waals surface area (Å²) in [7, 11) is 8.51. The van der Waals surface area contributed by atoms with Crippen LogP contribution in [0.15, 0.2) is 0 Å². The van der Waals surface area contributed by atoms with Crippen LogP contribution in [0.25, 0.3) is 0 Å². The quantitative estimate of drug-likeness (QED) is 0.235. The molecule has 43 heavy (non-hydrogen) atoms. The second-order valence-electron chi connectivity index (χ2n) is 19.7. The molecule has 6 rings (SSSR count). The van der Waals surface area contributed by atoms with Gasteiger partial charge >= 0.3 is 5.97 Å². The van der Waals surface area contributed by atoms with Crippen molar-refractivity contribution in [3.8, 4) is 0 Å². The maximum absolute atomic E-state index is 13.3. The van der Waals surface area contributed by atoms with E-state index < -0.39 is 0 Å². The van der Waals surface area contributed by atoms with E-state index in [1.807, 2.05) is 0 Å². The van der Waals surface area contributed by atoms with Crippen LogP contribution >= 0.6 is 0 Å². The summed E-state index contributed by atoms with van der Waals surface area (Å²) in [6, 6.07) is 0. The number of rotatable bonds is 6. The molecule has 6 fully saturated rings. The van der Waals surface area contributed by atoms with Gasteiger partial charge in [-0.1, -0.05) is 48.5 Å². The Balaban J connectivity index is 1.21. The van der Waals surface area contributed by atoms with Gasteiger partial charge in [0.2, 0.25) is 0 Å². The molecule has 0 aromatic heterocycles. The van der Waals surface area contributed by atoms with Gasteiger partial charge in [0.25, 0.3) is 0 Å². The van der Waals surface area contributed by atoms with Gasteiger partial charge in [-0.15, -0.1) is 0 Å². The van der Waals surface area contributed by atoms with Crippen LogP contribution in [0.2, 0.25) is 0 Å². The number of quaternary nitrogens is 1. The molecule has 0 amide bonds. The molecule has 1 saturated heterocycles. The lowest BCUT2D eigenvalue weighted by Gasteiger charge is -2.73. The van der Waals surface area contributed by atoms with Crippen molar-refractivity contribution in [3.63, 3.8) is 0 Å². The first-order valence-electron chi connectivity index (χ1n) is 18.1. The molecular weight excluding hydrogens is 532 g/mol. The second-order valence-corrected chi connectivity index (χ2v) is 19.7. The van der Waals surface area contributed by atoms with Crippen molar-refractivity contribution in [3.05, 3.63) is 0 Å². The van der Waals surface area contributed by atoms with E-state index in [0.29, 0.717) is 50.1 Å². The molecule has 5 heteroatoms. The second kappa shape index (κ2) is 10.2. The Bertz CT molecular complexity index is 1100. The van der Waals surface area contributed by atoms with Crippen LogP contribution in [-0.4, -0.2) is 82.0 Å². The minimum atomic E-state index is -0.0116. The van der Waals surface area contributed by atoms with E-state index in [1.165, 1.54) is 57.8 Å². The summed E-state index contributed by atoms with van der Waals surface area (Å²) in [6.07, 6.45) is 13.6. The predicted molar refractivity (Wildman–Crippen MR) is 174 cm³/mol. The number of likely N-dealkylation sites (N-methyl/N-ethyl adjacent to an activating group) is 2. The summed E-state index contributed by atoms with van der Waals surface area (Å²) >= 11 is 0. The van der Waals surface area contributed by atoms with Crippen molar-refractivity contribution in [1.82, 2.24) is 4.90 Å². The SMILES string of the molecule is CN(C)CC[N+](C)(C)CC(=O)O[C@H]1CC[C@@]2(C)C(CC[C@]3(C)C2CCC2C4[C@H]5OC[C@@]4(CCC5(C)C)CC[C@]23C)C1(C)C. The molecule has 0 aromatic carbocycles. The molecule has 6 aliphatic rings. The zero-order chi connectivity index (χ0) is 31.4. The Hall–Kier alpha value is -0.650. The lowest BCUT2D eigenvalue weighted by molar-refractivity contribution is -0.882. The fourth-order valence-electron chi connectivity index (χ4n) is 13.3. The van der Waals surface area contributed by atoms with Crippen LogP contribution in [0.1, 0.15) is 113 Å². The zero-order valence-electron chi connectivity index (χ0n) is 30.0. The number of fused-ring (bicyclic) bond motifs is 5. The predicted octanol–water partition coefficient (Wildman–Crippen LogP) is 7.43. The molecule has 5 nitrogen and oxygen atoms in total. The Morgan fingerprint density at radius 1 is 0.837 bits per heavy atom. The molecule has 1 aliphatic heterocycles. The first-order chi connectivity index (χ1) is 19.8. The third kappa shape index (κ3) is 4.73. The standard InChI is InChI=1S/C38H67N2O3/c1-33(2)18-20-38-21-19-36(6)26(31(38)32(33)42-25-38)12-13-28-35(5)16-15-29(34(3,4)27(35)14-17-37(28,36)7)43-30(41)24-40(10,11)23-22-39(8)9/h26-29,31-32H,12-25H2,1-11H3/q+1/t26?,27?,28?,29-,31?,32+,35-,36+,37+,38+/m0/s1. The molecule has 4 unspecified atom stereocenters. The van der Waals surface area contributed by atoms with Gasteiger partial charge in [-0.3, -0.25) is 0 Å². The maximum atomic E-state index is 13.3. The summed E-state index contributed by atoms with van der Waals surface area (Å²) in [5, 5.41) is 0. The Morgan fingerprint density at radius 3 is 2.23 bits per heavy atom. The normalized spacial score (nSPS) is 48.1. The molecular formula is C38H67N2O3+. The molecule has 0 radical (unpaired) electrons. The third-order valence-electron chi connectivity index (χ3n) is 16.1. The van der Waals surface area contributed by atoms with Gasteiger partial charge in [-0.2, -0.15) is 0 Å². The number of ether oxygens (including phenoxy) is 2. The highest BCUT2D eigenvalue weighted by atomic mass is 16.5. The first-order valence-corrected chi connectivity index (χ1v) is 18.1. The van der Waals surface area contributed by atoms with Crippen LogP contribution in [-0.2, 0) is 14.3 Å². The van der Waals surface area contributed by atoms with Gasteiger partial charge in [0.1, 0.15) is 6.10 Å². The molecule has 10 atom stereocenters. The van der Waals surface area contributed by atoms with Crippen LogP contribution in [0, 0.1) is 56.2 Å². The molecule has 5 aliphatic carbocycles. The minimum Gasteiger partial charge on any atom is -0.458 e. The molecule has 2 bridgehead atoms. The Labute approximate surface area is 264 Å². The van der Waals surface area contributed by atoms with E-state index in [9.17, 15) is 4.79 Å². The van der Waals surface area contributed by atoms with Gasteiger partial charge in [-0.05, 0) is 129 Å². The topological polar surface area (TPSA) is 38.8 Å². The molecule has 246 valence electrons. The first kappa shape index (κ1) is 32.3. The largest absolute Gasteiger partial charge is 0.458 e. The maximum Gasteiger partial charge on any atom is 0.362 e. The van der Waals surface area contributed by atoms with E-state index in [2.05, 4.69) is 81.6 Å². The molecule has 5 saturated carbocycles. The van der Waals surface area contributed by atoms with E-state index in [-0.39, 0.29) is 17.5 Å². The fourth-order valence-corrected chi connectivity index (χ4v) is 13.3. The van der Waals surface area contributed by atoms with Crippen LogP contribution < -0.4 is 0 Å². The minimum absolute atomic E-state index is 0.000508. The average Bonchev–Trinajstić information content (AvgIpc) is 3.23. The highest BCUT2D eigenvalue weighted by Crippen LogP contribution is 2.78. The molecule has 0 N–H and O–H groups in total. The number of carbonyl (C=O) groups excluding carboxylic acids is 1.